The summed E-state index contributed by atoms with van der Waals surface area (Å²) in [5.74, 6) is -0.964. The molecule has 1 heterocycles. The Morgan fingerprint density at radius 1 is 1.05 bits per heavy atom. The van der Waals surface area contributed by atoms with Gasteiger partial charge in [0.25, 0.3) is 0 Å². The molecule has 0 aliphatic heterocycles. The number of aromatic hydroxyl groups is 1. The number of nitrogens with zero attached hydrogens (tertiary/aromatic N) is 1. The Morgan fingerprint density at radius 3 is 2.80 bits per heavy atom. The maximum absolute atomic E-state index is 13.2. The molecule has 0 fully saturated rings. The highest BCUT2D eigenvalue weighted by atomic mass is 19.1. The van der Waals surface area contributed by atoms with E-state index >= 15 is 0 Å². The number of pyridine rings is 1. The van der Waals surface area contributed by atoms with Crippen LogP contribution in [0.2, 0.25) is 0 Å². The van der Waals surface area contributed by atoms with Gasteiger partial charge in [0.1, 0.15) is 0 Å². The van der Waals surface area contributed by atoms with Crippen LogP contribution in [0.1, 0.15) is 5.56 Å². The Hall–Kier alpha value is -2.62. The average molecular weight is 268 g/mol. The fourth-order valence-corrected chi connectivity index (χ4v) is 2.06. The van der Waals surface area contributed by atoms with Gasteiger partial charge in [0.2, 0.25) is 0 Å². The smallest absolute Gasteiger partial charge is 0.166 e. The number of halogens is 1. The van der Waals surface area contributed by atoms with Gasteiger partial charge < -0.3 is 10.4 Å². The molecule has 0 saturated carbocycles. The zero-order valence-corrected chi connectivity index (χ0v) is 10.7. The molecule has 2 aromatic carbocycles. The van der Waals surface area contributed by atoms with Gasteiger partial charge in [-0.05, 0) is 35.2 Å². The molecule has 100 valence electrons. The monoisotopic (exact) mass is 268 g/mol. The number of aromatic nitrogens is 1. The summed E-state index contributed by atoms with van der Waals surface area (Å²) in [5, 5.41) is 14.5. The van der Waals surface area contributed by atoms with Crippen LogP contribution in [0.25, 0.3) is 10.8 Å². The van der Waals surface area contributed by atoms with Crippen LogP contribution < -0.4 is 5.32 Å². The lowest BCUT2D eigenvalue weighted by Crippen LogP contribution is -1.99. The first kappa shape index (κ1) is 12.4. The van der Waals surface area contributed by atoms with Crippen LogP contribution in [0.15, 0.2) is 54.9 Å². The first-order chi connectivity index (χ1) is 9.72. The van der Waals surface area contributed by atoms with Crippen LogP contribution in [0.5, 0.6) is 5.75 Å². The molecule has 3 aromatic rings. The standard InChI is InChI=1S/C16H13FN2O/c17-15-8-14(3-4-16(15)20)19-9-11-1-2-13-10-18-6-5-12(13)7-11/h1-8,10,19-20H,9H2. The molecule has 20 heavy (non-hydrogen) atoms. The third-order valence-electron chi connectivity index (χ3n) is 3.15. The summed E-state index contributed by atoms with van der Waals surface area (Å²) in [4.78, 5) is 4.07. The minimum Gasteiger partial charge on any atom is -0.505 e. The molecular formula is C16H13FN2O. The highest BCUT2D eigenvalue weighted by Crippen LogP contribution is 2.20. The Bertz CT molecular complexity index is 758. The number of phenols is 1. The predicted molar refractivity (Wildman–Crippen MR) is 77.1 cm³/mol. The van der Waals surface area contributed by atoms with Crippen LogP contribution in [-0.4, -0.2) is 10.1 Å². The molecular weight excluding hydrogens is 255 g/mol. The molecule has 3 nitrogen and oxygen atoms in total. The Balaban J connectivity index is 1.77. The molecule has 0 unspecified atom stereocenters. The van der Waals surface area contributed by atoms with Crippen molar-refractivity contribution in [3.8, 4) is 5.75 Å². The summed E-state index contributed by atoms with van der Waals surface area (Å²) < 4.78 is 13.2. The minimum absolute atomic E-state index is 0.339. The maximum atomic E-state index is 13.2. The Kier molecular flexibility index (Phi) is 3.21. The summed E-state index contributed by atoms with van der Waals surface area (Å²) in [7, 11) is 0. The first-order valence-electron chi connectivity index (χ1n) is 6.27. The Morgan fingerprint density at radius 2 is 1.95 bits per heavy atom. The van der Waals surface area contributed by atoms with Crippen molar-refractivity contribution in [2.75, 3.05) is 5.32 Å². The summed E-state index contributed by atoms with van der Waals surface area (Å²) in [6, 6.07) is 12.3. The van der Waals surface area contributed by atoms with E-state index in [0.717, 1.165) is 16.3 Å². The van der Waals surface area contributed by atoms with Crippen LogP contribution >= 0.6 is 0 Å². The lowest BCUT2D eigenvalue weighted by molar-refractivity contribution is 0.432. The number of anilines is 1. The molecule has 4 heteroatoms. The zero-order valence-electron chi connectivity index (χ0n) is 10.7. The molecule has 0 radical (unpaired) electrons. The topological polar surface area (TPSA) is 45.1 Å². The minimum atomic E-state index is -0.625. The number of fused-ring (bicyclic) bond motifs is 1. The molecule has 0 atom stereocenters. The van der Waals surface area contributed by atoms with Gasteiger partial charge in [0.05, 0.1) is 0 Å². The number of rotatable bonds is 3. The van der Waals surface area contributed by atoms with Gasteiger partial charge in [-0.25, -0.2) is 4.39 Å². The van der Waals surface area contributed by atoms with E-state index in [1.807, 2.05) is 24.4 Å². The van der Waals surface area contributed by atoms with E-state index in [-0.39, 0.29) is 5.75 Å². The van der Waals surface area contributed by atoms with E-state index in [2.05, 4.69) is 16.4 Å². The fourth-order valence-electron chi connectivity index (χ4n) is 2.06. The Labute approximate surface area is 115 Å². The van der Waals surface area contributed by atoms with Crippen molar-refractivity contribution in [2.45, 2.75) is 6.54 Å². The normalized spacial score (nSPS) is 10.7. The highest BCUT2D eigenvalue weighted by molar-refractivity contribution is 5.82. The van der Waals surface area contributed by atoms with Crippen molar-refractivity contribution in [3.05, 3.63) is 66.2 Å². The first-order valence-corrected chi connectivity index (χ1v) is 6.27. The highest BCUT2D eigenvalue weighted by Gasteiger charge is 2.02. The molecule has 0 amide bonds. The maximum Gasteiger partial charge on any atom is 0.166 e. The van der Waals surface area contributed by atoms with Gasteiger partial charge >= 0.3 is 0 Å². The molecule has 3 rings (SSSR count). The van der Waals surface area contributed by atoms with Gasteiger partial charge in [-0.15, -0.1) is 0 Å². The quantitative estimate of drug-likeness (QED) is 0.712. The van der Waals surface area contributed by atoms with Gasteiger partial charge in [-0.3, -0.25) is 4.98 Å². The van der Waals surface area contributed by atoms with Crippen molar-refractivity contribution in [1.29, 1.82) is 0 Å². The SMILES string of the molecule is Oc1ccc(NCc2ccc3cnccc3c2)cc1F. The summed E-state index contributed by atoms with van der Waals surface area (Å²) in [6.07, 6.45) is 3.58. The molecule has 1 aromatic heterocycles. The van der Waals surface area contributed by atoms with Crippen molar-refractivity contribution in [1.82, 2.24) is 4.98 Å². The summed E-state index contributed by atoms with van der Waals surface area (Å²) >= 11 is 0. The lowest BCUT2D eigenvalue weighted by Gasteiger charge is -2.08. The molecule has 0 spiro atoms. The summed E-state index contributed by atoms with van der Waals surface area (Å²) in [6.45, 7) is 0.586. The fraction of sp³-hybridized carbons (Fsp3) is 0.0625. The number of hydrogen-bond acceptors (Lipinski definition) is 3. The van der Waals surface area contributed by atoms with Gasteiger partial charge in [0, 0.05) is 36.1 Å². The summed E-state index contributed by atoms with van der Waals surface area (Å²) in [5.41, 5.74) is 1.73. The predicted octanol–water partition coefficient (Wildman–Crippen LogP) is 3.69. The molecule has 0 aliphatic carbocycles. The molecule has 2 N–H and O–H groups in total. The van der Waals surface area contributed by atoms with Crippen LogP contribution in [-0.2, 0) is 6.54 Å². The number of nitrogens with one attached hydrogen (secondary N) is 1. The molecule has 0 bridgehead atoms. The molecule has 0 saturated heterocycles. The largest absolute Gasteiger partial charge is 0.505 e. The third-order valence-corrected chi connectivity index (χ3v) is 3.15. The van der Waals surface area contributed by atoms with Crippen LogP contribution in [0, 0.1) is 5.82 Å². The van der Waals surface area contributed by atoms with Gasteiger partial charge in [-0.2, -0.15) is 0 Å². The van der Waals surface area contributed by atoms with Gasteiger partial charge in [-0.1, -0.05) is 12.1 Å². The van der Waals surface area contributed by atoms with E-state index < -0.39 is 5.82 Å². The van der Waals surface area contributed by atoms with Crippen molar-refractivity contribution in [3.63, 3.8) is 0 Å². The van der Waals surface area contributed by atoms with Crippen molar-refractivity contribution >= 4 is 16.5 Å². The second kappa shape index (κ2) is 5.17. The second-order valence-corrected chi connectivity index (χ2v) is 4.58. The van der Waals surface area contributed by atoms with Crippen LogP contribution in [0.4, 0.5) is 10.1 Å². The van der Waals surface area contributed by atoms with Crippen molar-refractivity contribution < 1.29 is 9.50 Å². The van der Waals surface area contributed by atoms with E-state index in [4.69, 9.17) is 5.11 Å². The van der Waals surface area contributed by atoms with Crippen LogP contribution in [0.3, 0.4) is 0 Å². The number of hydrogen-bond donors (Lipinski definition) is 2. The van der Waals surface area contributed by atoms with E-state index in [1.54, 1.807) is 12.3 Å². The van der Waals surface area contributed by atoms with Gasteiger partial charge in [0.15, 0.2) is 11.6 Å². The number of phenolic OH excluding ortho intramolecular Hbond substituents is 1. The molecule has 0 aliphatic rings. The van der Waals surface area contributed by atoms with E-state index in [9.17, 15) is 4.39 Å². The van der Waals surface area contributed by atoms with E-state index in [1.165, 1.54) is 12.1 Å². The van der Waals surface area contributed by atoms with E-state index in [0.29, 0.717) is 12.2 Å². The van der Waals surface area contributed by atoms with Crippen molar-refractivity contribution in [2.24, 2.45) is 0 Å². The number of benzene rings is 2. The lowest BCUT2D eigenvalue weighted by atomic mass is 10.1. The average Bonchev–Trinajstić information content (AvgIpc) is 2.48. The zero-order chi connectivity index (χ0) is 13.9. The third kappa shape index (κ3) is 2.54. The second-order valence-electron chi connectivity index (χ2n) is 4.58.